The lowest BCUT2D eigenvalue weighted by molar-refractivity contribution is -0.169. The summed E-state index contributed by atoms with van der Waals surface area (Å²) in [6, 6.07) is 13.2. The van der Waals surface area contributed by atoms with E-state index in [0.29, 0.717) is 16.5 Å². The third-order valence-corrected chi connectivity index (χ3v) is 8.14. The van der Waals surface area contributed by atoms with Gasteiger partial charge in [0.1, 0.15) is 13.2 Å². The van der Waals surface area contributed by atoms with Crippen molar-refractivity contribution in [1.29, 1.82) is 0 Å². The van der Waals surface area contributed by atoms with Crippen molar-refractivity contribution in [2.45, 2.75) is 77.7 Å². The molecule has 4 atom stereocenters. The normalized spacial score (nSPS) is 16.8. The molecule has 0 aliphatic heterocycles. The van der Waals surface area contributed by atoms with E-state index < -0.39 is 48.3 Å². The van der Waals surface area contributed by atoms with Crippen LogP contribution in [0.25, 0.3) is 0 Å². The predicted molar refractivity (Wildman–Crippen MR) is 168 cm³/mol. The van der Waals surface area contributed by atoms with E-state index in [9.17, 15) is 24.0 Å². The third kappa shape index (κ3) is 10.9. The minimum Gasteiger partial charge on any atom is -0.462 e. The molecular weight excluding hydrogens is 641 g/mol. The highest BCUT2D eigenvalue weighted by Crippen LogP contribution is 2.44. The fourth-order valence-corrected chi connectivity index (χ4v) is 5.57. The van der Waals surface area contributed by atoms with E-state index in [4.69, 9.17) is 46.9 Å². The molecule has 2 aromatic carbocycles. The van der Waals surface area contributed by atoms with E-state index in [1.165, 1.54) is 25.7 Å². The number of ether oxygens (including phenoxy) is 5. The maximum Gasteiger partial charge on any atom is 0.413 e. The average molecular weight is 681 g/mol. The number of fused-ring (bicyclic) bond motifs is 1. The van der Waals surface area contributed by atoms with Crippen molar-refractivity contribution in [3.05, 3.63) is 69.2 Å². The van der Waals surface area contributed by atoms with Crippen LogP contribution in [0, 0.1) is 5.92 Å². The second-order valence-corrected chi connectivity index (χ2v) is 12.0. The van der Waals surface area contributed by atoms with E-state index in [1.807, 2.05) is 36.4 Å². The Morgan fingerprint density at radius 2 is 1.39 bits per heavy atom. The highest BCUT2D eigenvalue weighted by atomic mass is 35.5. The molecule has 13 heteroatoms. The van der Waals surface area contributed by atoms with Gasteiger partial charge in [0.25, 0.3) is 0 Å². The molecule has 0 fully saturated rings. The van der Waals surface area contributed by atoms with E-state index in [0.717, 1.165) is 23.1 Å². The van der Waals surface area contributed by atoms with Crippen LogP contribution in [0.4, 0.5) is 4.79 Å². The standard InChI is InChI=1S/C33H39Cl2NO10/c1-19(15-32(40)46-24(17-42-20(2)37)18-43-21(3)38)14-31(39)44-22(4)45-33(41)36(5)30-13-11-25(26-8-6-7-9-27(26)30)23-10-12-28(34)29(35)16-23/h6-10,12,16,19,22,24-25,30H,11,13-15,17-18H2,1-5H3. The van der Waals surface area contributed by atoms with Crippen LogP contribution in [-0.4, -0.2) is 67.5 Å². The minimum absolute atomic E-state index is 0.0828. The summed E-state index contributed by atoms with van der Waals surface area (Å²) < 4.78 is 25.7. The highest BCUT2D eigenvalue weighted by Gasteiger charge is 2.33. The molecule has 4 unspecified atom stereocenters. The predicted octanol–water partition coefficient (Wildman–Crippen LogP) is 6.37. The molecule has 0 heterocycles. The van der Waals surface area contributed by atoms with Crippen molar-refractivity contribution in [2.75, 3.05) is 20.3 Å². The molecule has 0 radical (unpaired) electrons. The Kier molecular flexibility index (Phi) is 13.7. The van der Waals surface area contributed by atoms with E-state index in [2.05, 4.69) is 0 Å². The van der Waals surface area contributed by atoms with Gasteiger partial charge in [-0.25, -0.2) is 4.79 Å². The van der Waals surface area contributed by atoms with Gasteiger partial charge in [0, 0.05) is 46.6 Å². The largest absolute Gasteiger partial charge is 0.462 e. The van der Waals surface area contributed by atoms with Crippen molar-refractivity contribution in [3.8, 4) is 0 Å². The summed E-state index contributed by atoms with van der Waals surface area (Å²) >= 11 is 12.4. The SMILES string of the molecule is CC(=O)OCC(COC(C)=O)OC(=O)CC(C)CC(=O)OC(C)OC(=O)N(C)C1CCC(c2ccc(Cl)c(Cl)c2)c2ccccc21. The number of rotatable bonds is 13. The maximum absolute atomic E-state index is 13.1. The van der Waals surface area contributed by atoms with E-state index >= 15 is 0 Å². The molecule has 0 bridgehead atoms. The smallest absolute Gasteiger partial charge is 0.413 e. The topological polar surface area (TPSA) is 135 Å². The van der Waals surface area contributed by atoms with Gasteiger partial charge in [0.05, 0.1) is 16.1 Å². The fraction of sp³-hybridized carbons (Fsp3) is 0.485. The van der Waals surface area contributed by atoms with Gasteiger partial charge < -0.3 is 28.6 Å². The summed E-state index contributed by atoms with van der Waals surface area (Å²) in [5, 5.41) is 0.972. The molecule has 0 N–H and O–H groups in total. The average Bonchev–Trinajstić information content (AvgIpc) is 2.98. The van der Waals surface area contributed by atoms with Crippen LogP contribution < -0.4 is 0 Å². The second-order valence-electron chi connectivity index (χ2n) is 11.2. The van der Waals surface area contributed by atoms with Crippen molar-refractivity contribution in [3.63, 3.8) is 0 Å². The molecule has 250 valence electrons. The molecule has 0 saturated heterocycles. The first-order chi connectivity index (χ1) is 21.7. The van der Waals surface area contributed by atoms with Crippen molar-refractivity contribution in [1.82, 2.24) is 4.90 Å². The number of hydrogen-bond donors (Lipinski definition) is 0. The van der Waals surface area contributed by atoms with Crippen LogP contribution >= 0.6 is 23.2 Å². The lowest BCUT2D eigenvalue weighted by Crippen LogP contribution is -2.37. The summed E-state index contributed by atoms with van der Waals surface area (Å²) in [4.78, 5) is 61.8. The molecule has 3 rings (SSSR count). The molecule has 11 nitrogen and oxygen atoms in total. The third-order valence-electron chi connectivity index (χ3n) is 7.40. The van der Waals surface area contributed by atoms with E-state index in [-0.39, 0.29) is 38.0 Å². The lowest BCUT2D eigenvalue weighted by atomic mass is 9.76. The first kappa shape index (κ1) is 36.6. The van der Waals surface area contributed by atoms with Crippen LogP contribution in [0.3, 0.4) is 0 Å². The summed E-state index contributed by atoms with van der Waals surface area (Å²) in [7, 11) is 1.64. The summed E-state index contributed by atoms with van der Waals surface area (Å²) in [6.07, 6.45) is -1.72. The monoisotopic (exact) mass is 679 g/mol. The first-order valence-corrected chi connectivity index (χ1v) is 15.6. The van der Waals surface area contributed by atoms with Crippen LogP contribution in [0.15, 0.2) is 42.5 Å². The number of halogens is 2. The summed E-state index contributed by atoms with van der Waals surface area (Å²) in [5.74, 6) is -2.93. The zero-order valence-electron chi connectivity index (χ0n) is 26.5. The maximum atomic E-state index is 13.1. The molecule has 0 saturated carbocycles. The van der Waals surface area contributed by atoms with Crippen molar-refractivity contribution in [2.24, 2.45) is 5.92 Å². The Bertz CT molecular complexity index is 1400. The van der Waals surface area contributed by atoms with Crippen molar-refractivity contribution >= 4 is 53.2 Å². The van der Waals surface area contributed by atoms with Crippen molar-refractivity contribution < 1.29 is 47.7 Å². The van der Waals surface area contributed by atoms with Gasteiger partial charge in [-0.3, -0.25) is 19.2 Å². The first-order valence-electron chi connectivity index (χ1n) is 14.9. The number of hydrogen-bond acceptors (Lipinski definition) is 10. The van der Waals surface area contributed by atoms with Crippen LogP contribution in [0.2, 0.25) is 10.0 Å². The molecule has 1 aliphatic carbocycles. The molecule has 46 heavy (non-hydrogen) atoms. The highest BCUT2D eigenvalue weighted by molar-refractivity contribution is 6.42. The van der Waals surface area contributed by atoms with Gasteiger partial charge in [-0.05, 0) is 47.6 Å². The van der Waals surface area contributed by atoms with Gasteiger partial charge in [0.15, 0.2) is 6.10 Å². The van der Waals surface area contributed by atoms with Crippen LogP contribution in [0.5, 0.6) is 0 Å². The van der Waals surface area contributed by atoms with Gasteiger partial charge >= 0.3 is 30.0 Å². The zero-order valence-corrected chi connectivity index (χ0v) is 28.0. The summed E-state index contributed by atoms with van der Waals surface area (Å²) in [6.45, 7) is 4.90. The Labute approximate surface area is 278 Å². The minimum atomic E-state index is -1.18. The van der Waals surface area contributed by atoms with Gasteiger partial charge in [-0.1, -0.05) is 60.5 Å². The summed E-state index contributed by atoms with van der Waals surface area (Å²) in [5.41, 5.74) is 3.10. The number of carbonyl (C=O) groups excluding carboxylic acids is 5. The number of amides is 1. The quantitative estimate of drug-likeness (QED) is 0.133. The van der Waals surface area contributed by atoms with Crippen LogP contribution in [0.1, 0.15) is 82.0 Å². The molecular formula is C33H39Cl2NO10. The number of esters is 4. The Morgan fingerprint density at radius 1 is 0.804 bits per heavy atom. The Balaban J connectivity index is 1.51. The van der Waals surface area contributed by atoms with Gasteiger partial charge in [-0.2, -0.15) is 0 Å². The van der Waals surface area contributed by atoms with Gasteiger partial charge in [0.2, 0.25) is 6.29 Å². The Morgan fingerprint density at radius 3 is 1.98 bits per heavy atom. The molecule has 0 aromatic heterocycles. The molecule has 1 amide bonds. The fourth-order valence-electron chi connectivity index (χ4n) is 5.27. The number of carbonyl (C=O) groups is 5. The zero-order chi connectivity index (χ0) is 34.0. The number of benzene rings is 2. The number of nitrogens with zero attached hydrogens (tertiary/aromatic N) is 1. The second kappa shape index (κ2) is 17.2. The lowest BCUT2D eigenvalue weighted by Gasteiger charge is -2.36. The Hall–Kier alpha value is -3.83. The molecule has 2 aromatic rings. The van der Waals surface area contributed by atoms with Crippen LogP contribution in [-0.2, 0) is 42.9 Å². The van der Waals surface area contributed by atoms with Gasteiger partial charge in [-0.15, -0.1) is 0 Å². The molecule has 1 aliphatic rings. The van der Waals surface area contributed by atoms with E-state index in [1.54, 1.807) is 20.0 Å². The molecule has 0 spiro atoms.